The minimum Gasteiger partial charge on any atom is -0.481 e. The number of amides is 1. The van der Waals surface area contributed by atoms with Crippen LogP contribution in [0.1, 0.15) is 16.7 Å². The summed E-state index contributed by atoms with van der Waals surface area (Å²) >= 11 is 3.36. The Kier molecular flexibility index (Phi) is 6.58. The first-order valence-corrected chi connectivity index (χ1v) is 8.56. The van der Waals surface area contributed by atoms with Crippen LogP contribution >= 0.6 is 15.9 Å². The van der Waals surface area contributed by atoms with E-state index in [0.717, 1.165) is 21.2 Å². The van der Waals surface area contributed by atoms with Crippen LogP contribution < -0.4 is 10.1 Å². The predicted molar refractivity (Wildman–Crippen MR) is 99.9 cm³/mol. The predicted octanol–water partition coefficient (Wildman–Crippen LogP) is 3.94. The molecule has 5 nitrogen and oxygen atoms in total. The topological polar surface area (TPSA) is 64.6 Å². The summed E-state index contributed by atoms with van der Waals surface area (Å²) in [6.07, 6.45) is 0. The molecule has 0 radical (unpaired) electrons. The van der Waals surface area contributed by atoms with Crippen molar-refractivity contribution in [3.05, 3.63) is 57.6 Å². The Hall–Kier alpha value is -2.34. The molecule has 1 amide bonds. The second-order valence-electron chi connectivity index (χ2n) is 5.68. The van der Waals surface area contributed by atoms with Gasteiger partial charge in [-0.1, -0.05) is 34.1 Å². The van der Waals surface area contributed by atoms with Crippen LogP contribution in [0.3, 0.4) is 0 Å². The van der Waals surface area contributed by atoms with Crippen molar-refractivity contribution in [1.29, 1.82) is 0 Å². The number of aryl methyl sites for hydroxylation is 3. The lowest BCUT2D eigenvalue weighted by Crippen LogP contribution is -2.24. The molecule has 0 aromatic heterocycles. The molecule has 132 valence electrons. The summed E-state index contributed by atoms with van der Waals surface area (Å²) in [6.45, 7) is 5.09. The van der Waals surface area contributed by atoms with Crippen LogP contribution in [0.4, 0.5) is 5.69 Å². The van der Waals surface area contributed by atoms with Crippen molar-refractivity contribution in [3.63, 3.8) is 0 Å². The largest absolute Gasteiger partial charge is 0.481 e. The van der Waals surface area contributed by atoms with Gasteiger partial charge in [0.2, 0.25) is 0 Å². The van der Waals surface area contributed by atoms with Gasteiger partial charge in [0.25, 0.3) is 5.91 Å². The molecule has 1 N–H and O–H groups in total. The fourth-order valence-electron chi connectivity index (χ4n) is 2.30. The highest BCUT2D eigenvalue weighted by molar-refractivity contribution is 9.10. The molecule has 0 saturated carbocycles. The highest BCUT2D eigenvalue weighted by atomic mass is 79.9. The van der Waals surface area contributed by atoms with E-state index in [0.29, 0.717) is 11.4 Å². The second kappa shape index (κ2) is 8.67. The molecule has 0 spiro atoms. The Labute approximate surface area is 155 Å². The molecule has 0 unspecified atom stereocenters. The molecular weight excluding hydrogens is 386 g/mol. The van der Waals surface area contributed by atoms with Gasteiger partial charge in [0.05, 0.1) is 0 Å². The number of rotatable bonds is 6. The molecule has 0 heterocycles. The van der Waals surface area contributed by atoms with Gasteiger partial charge < -0.3 is 14.8 Å². The van der Waals surface area contributed by atoms with E-state index in [9.17, 15) is 9.59 Å². The van der Waals surface area contributed by atoms with Gasteiger partial charge in [-0.3, -0.25) is 4.79 Å². The summed E-state index contributed by atoms with van der Waals surface area (Å²) in [5.74, 6) is -0.328. The van der Waals surface area contributed by atoms with Gasteiger partial charge in [0.1, 0.15) is 5.75 Å². The molecule has 6 heteroatoms. The van der Waals surface area contributed by atoms with Gasteiger partial charge >= 0.3 is 5.97 Å². The van der Waals surface area contributed by atoms with Crippen LogP contribution in [0, 0.1) is 20.8 Å². The molecule has 2 aromatic rings. The fraction of sp³-hybridized carbons (Fsp3) is 0.263. The number of ether oxygens (including phenoxy) is 2. The van der Waals surface area contributed by atoms with Crippen LogP contribution in [-0.4, -0.2) is 25.1 Å². The normalized spacial score (nSPS) is 10.2. The zero-order chi connectivity index (χ0) is 18.4. The van der Waals surface area contributed by atoms with Crippen molar-refractivity contribution in [2.75, 3.05) is 18.5 Å². The average molecular weight is 406 g/mol. The number of hydrogen-bond donors (Lipinski definition) is 1. The highest BCUT2D eigenvalue weighted by Crippen LogP contribution is 2.22. The minimum atomic E-state index is -0.592. The third kappa shape index (κ3) is 5.60. The Morgan fingerprint density at radius 2 is 1.68 bits per heavy atom. The van der Waals surface area contributed by atoms with Crippen LogP contribution in [0.5, 0.6) is 5.75 Å². The van der Waals surface area contributed by atoms with E-state index in [1.54, 1.807) is 6.07 Å². The smallest absolute Gasteiger partial charge is 0.344 e. The molecule has 0 aliphatic carbocycles. The van der Waals surface area contributed by atoms with Crippen molar-refractivity contribution in [3.8, 4) is 5.75 Å². The fourth-order valence-corrected chi connectivity index (χ4v) is 2.77. The Morgan fingerprint density at radius 3 is 2.32 bits per heavy atom. The summed E-state index contributed by atoms with van der Waals surface area (Å²) < 4.78 is 11.4. The Bertz CT molecular complexity index is 769. The maximum absolute atomic E-state index is 11.9. The lowest BCUT2D eigenvalue weighted by Gasteiger charge is -2.12. The molecule has 0 atom stereocenters. The highest BCUT2D eigenvalue weighted by Gasteiger charge is 2.11. The van der Waals surface area contributed by atoms with Crippen molar-refractivity contribution >= 4 is 33.5 Å². The molecule has 0 bridgehead atoms. The van der Waals surface area contributed by atoms with Crippen molar-refractivity contribution in [2.24, 2.45) is 0 Å². The zero-order valence-electron chi connectivity index (χ0n) is 14.4. The van der Waals surface area contributed by atoms with E-state index in [2.05, 4.69) is 21.2 Å². The lowest BCUT2D eigenvalue weighted by molar-refractivity contribution is -0.149. The molecule has 0 aliphatic rings. The summed E-state index contributed by atoms with van der Waals surface area (Å²) in [5.41, 5.74) is 3.47. The molecule has 25 heavy (non-hydrogen) atoms. The molecule has 2 aromatic carbocycles. The molecule has 0 aliphatic heterocycles. The van der Waals surface area contributed by atoms with Gasteiger partial charge in [0.15, 0.2) is 13.2 Å². The maximum atomic E-state index is 11.9. The van der Waals surface area contributed by atoms with E-state index >= 15 is 0 Å². The number of hydrogen-bond acceptors (Lipinski definition) is 4. The summed E-state index contributed by atoms with van der Waals surface area (Å²) in [6, 6.07) is 11.2. The summed E-state index contributed by atoms with van der Waals surface area (Å²) in [7, 11) is 0. The van der Waals surface area contributed by atoms with Crippen molar-refractivity contribution in [2.45, 2.75) is 20.8 Å². The Balaban J connectivity index is 1.80. The van der Waals surface area contributed by atoms with E-state index in [-0.39, 0.29) is 13.2 Å². The number of para-hydroxylation sites is 1. The standard InChI is InChI=1S/C19H20BrNO4/c1-12-5-4-6-13(2)19(12)25-11-18(23)24-10-17(22)21-16-8-7-15(20)9-14(16)3/h4-9H,10-11H2,1-3H3,(H,21,22). The monoisotopic (exact) mass is 405 g/mol. The third-order valence-electron chi connectivity index (χ3n) is 3.57. The van der Waals surface area contributed by atoms with E-state index < -0.39 is 11.9 Å². The number of anilines is 1. The first kappa shape index (κ1) is 19.0. The zero-order valence-corrected chi connectivity index (χ0v) is 16.0. The van der Waals surface area contributed by atoms with Gasteiger partial charge in [-0.05, 0) is 55.7 Å². The average Bonchev–Trinajstić information content (AvgIpc) is 2.55. The molecular formula is C19H20BrNO4. The molecule has 2 rings (SSSR count). The number of carbonyl (C=O) groups is 2. The van der Waals surface area contributed by atoms with Gasteiger partial charge in [-0.25, -0.2) is 4.79 Å². The van der Waals surface area contributed by atoms with Crippen molar-refractivity contribution in [1.82, 2.24) is 0 Å². The van der Waals surface area contributed by atoms with Crippen LogP contribution in [0.2, 0.25) is 0 Å². The maximum Gasteiger partial charge on any atom is 0.344 e. The number of benzene rings is 2. The first-order valence-electron chi connectivity index (χ1n) is 7.77. The van der Waals surface area contributed by atoms with E-state index in [1.165, 1.54) is 0 Å². The SMILES string of the molecule is Cc1cc(Br)ccc1NC(=O)COC(=O)COc1c(C)cccc1C. The number of esters is 1. The van der Waals surface area contributed by atoms with E-state index in [1.807, 2.05) is 51.1 Å². The third-order valence-corrected chi connectivity index (χ3v) is 4.06. The first-order chi connectivity index (χ1) is 11.9. The van der Waals surface area contributed by atoms with Crippen LogP contribution in [0.15, 0.2) is 40.9 Å². The number of nitrogens with one attached hydrogen (secondary N) is 1. The second-order valence-corrected chi connectivity index (χ2v) is 6.59. The quantitative estimate of drug-likeness (QED) is 0.739. The number of carbonyl (C=O) groups excluding carboxylic acids is 2. The van der Waals surface area contributed by atoms with Gasteiger partial charge in [-0.15, -0.1) is 0 Å². The molecule has 0 fully saturated rings. The Morgan fingerprint density at radius 1 is 1.00 bits per heavy atom. The lowest BCUT2D eigenvalue weighted by atomic mass is 10.1. The summed E-state index contributed by atoms with van der Waals surface area (Å²) in [5, 5.41) is 2.71. The van der Waals surface area contributed by atoms with E-state index in [4.69, 9.17) is 9.47 Å². The van der Waals surface area contributed by atoms with Gasteiger partial charge in [-0.2, -0.15) is 0 Å². The molecule has 0 saturated heterocycles. The minimum absolute atomic E-state index is 0.240. The van der Waals surface area contributed by atoms with Crippen molar-refractivity contribution < 1.29 is 19.1 Å². The summed E-state index contributed by atoms with van der Waals surface area (Å²) in [4.78, 5) is 23.7. The van der Waals surface area contributed by atoms with Crippen LogP contribution in [0.25, 0.3) is 0 Å². The van der Waals surface area contributed by atoms with Gasteiger partial charge in [0, 0.05) is 10.2 Å². The van der Waals surface area contributed by atoms with Crippen LogP contribution in [-0.2, 0) is 14.3 Å². The number of halogens is 1.